The van der Waals surface area contributed by atoms with Gasteiger partial charge in [0.15, 0.2) is 24.7 Å². The molecule has 398 valence electrons. The van der Waals surface area contributed by atoms with E-state index in [2.05, 4.69) is 0 Å². The van der Waals surface area contributed by atoms with Gasteiger partial charge in [-0.25, -0.2) is 0 Å². The average molecular weight is 994 g/mol. The lowest BCUT2D eigenvalue weighted by Crippen LogP contribution is -2.65. The predicted octanol–water partition coefficient (Wildman–Crippen LogP) is 3.71. The third-order valence-corrected chi connectivity index (χ3v) is 14.5. The monoisotopic (exact) mass is 994 g/mol. The number of para-hydroxylation sites is 1. The number of aliphatic hydroxyl groups is 5. The molecule has 5 rings (SSSR count). The number of esters is 1. The molecule has 0 spiro atoms. The van der Waals surface area contributed by atoms with Gasteiger partial charge in [-0.3, -0.25) is 9.59 Å². The first-order chi connectivity index (χ1) is 33.1. The maximum absolute atomic E-state index is 14.1. The number of ether oxygens (including phenoxy) is 10. The van der Waals surface area contributed by atoms with E-state index in [4.69, 9.17) is 47.4 Å². The molecule has 0 saturated carbocycles. The molecule has 1 aromatic rings. The Labute approximate surface area is 414 Å². The quantitative estimate of drug-likeness (QED) is 0.158. The molecule has 0 amide bonds. The molecule has 4 aliphatic rings. The Morgan fingerprint density at radius 1 is 0.814 bits per heavy atom. The van der Waals surface area contributed by atoms with Crippen LogP contribution in [0.3, 0.4) is 0 Å². The molecular weight excluding hydrogens is 911 g/mol. The van der Waals surface area contributed by atoms with Gasteiger partial charge in [0.1, 0.15) is 48.5 Å². The van der Waals surface area contributed by atoms with Gasteiger partial charge in [-0.15, -0.1) is 0 Å². The fourth-order valence-corrected chi connectivity index (χ4v) is 10.3. The molecule has 0 unspecified atom stereocenters. The topological polar surface area (TPSA) is 231 Å². The number of carbonyl (C=O) groups is 2. The first-order valence-electron chi connectivity index (χ1n) is 24.9. The summed E-state index contributed by atoms with van der Waals surface area (Å²) in [6.45, 7) is 14.2. The van der Waals surface area contributed by atoms with E-state index in [1.54, 1.807) is 52.8 Å². The lowest BCUT2D eigenvalue weighted by Gasteiger charge is -2.50. The molecule has 5 N–H and O–H groups in total. The second kappa shape index (κ2) is 26.3. The Kier molecular flexibility index (Phi) is 21.8. The van der Waals surface area contributed by atoms with Crippen LogP contribution in [0.4, 0.5) is 0 Å². The van der Waals surface area contributed by atoms with Crippen LogP contribution in [0.5, 0.6) is 5.75 Å². The predicted molar refractivity (Wildman–Crippen MR) is 256 cm³/mol. The zero-order valence-corrected chi connectivity index (χ0v) is 43.2. The molecule has 0 aromatic heterocycles. The van der Waals surface area contributed by atoms with Gasteiger partial charge in [-0.2, -0.15) is 0 Å². The van der Waals surface area contributed by atoms with E-state index in [0.717, 1.165) is 0 Å². The van der Waals surface area contributed by atoms with E-state index >= 15 is 0 Å². The second-order valence-electron chi connectivity index (χ2n) is 20.3. The van der Waals surface area contributed by atoms with Crippen molar-refractivity contribution in [2.24, 2.45) is 23.7 Å². The highest BCUT2D eigenvalue weighted by atomic mass is 16.7. The number of methoxy groups -OCH3 is 2. The summed E-state index contributed by atoms with van der Waals surface area (Å²) < 4.78 is 61.7. The molecule has 4 aliphatic heterocycles. The Bertz CT molecular complexity index is 1830. The number of carbonyl (C=O) groups excluding carboxylic acids is 2. The van der Waals surface area contributed by atoms with Crippen LogP contribution < -0.4 is 4.74 Å². The summed E-state index contributed by atoms with van der Waals surface area (Å²) >= 11 is 0. The van der Waals surface area contributed by atoms with Gasteiger partial charge in [0, 0.05) is 38.4 Å². The summed E-state index contributed by atoms with van der Waals surface area (Å²) in [5, 5.41) is 56.6. The molecule has 3 saturated heterocycles. The molecule has 0 aliphatic carbocycles. The fourth-order valence-electron chi connectivity index (χ4n) is 10.3. The van der Waals surface area contributed by atoms with Gasteiger partial charge in [0.25, 0.3) is 0 Å². The van der Waals surface area contributed by atoms with Gasteiger partial charge < -0.3 is 77.8 Å². The number of cyclic esters (lactones) is 1. The van der Waals surface area contributed by atoms with Gasteiger partial charge >= 0.3 is 5.97 Å². The van der Waals surface area contributed by atoms with Crippen LogP contribution in [0.25, 0.3) is 0 Å². The number of nitrogens with zero attached hydrogens (tertiary/aromatic N) is 1. The van der Waals surface area contributed by atoms with Crippen molar-refractivity contribution < 1.29 is 82.5 Å². The van der Waals surface area contributed by atoms with E-state index in [0.29, 0.717) is 24.2 Å². The highest BCUT2D eigenvalue weighted by molar-refractivity contribution is 5.91. The Morgan fingerprint density at radius 2 is 1.49 bits per heavy atom. The minimum Gasteiger partial charge on any atom is -0.494 e. The molecule has 0 bridgehead atoms. The molecule has 18 nitrogen and oxygen atoms in total. The fraction of sp³-hybridized carbons (Fsp3) is 0.769. The van der Waals surface area contributed by atoms with Crippen molar-refractivity contribution >= 4 is 11.8 Å². The Morgan fingerprint density at radius 3 is 2.11 bits per heavy atom. The van der Waals surface area contributed by atoms with Crippen LogP contribution in [0.1, 0.15) is 87.5 Å². The normalized spacial score (nSPS) is 43.0. The first-order valence-corrected chi connectivity index (χ1v) is 24.9. The van der Waals surface area contributed by atoms with Crippen molar-refractivity contribution in [1.29, 1.82) is 0 Å². The number of aliphatic hydroxyl groups excluding tert-OH is 4. The van der Waals surface area contributed by atoms with Gasteiger partial charge in [0.05, 0.1) is 61.8 Å². The largest absolute Gasteiger partial charge is 0.494 e. The molecule has 3 fully saturated rings. The number of allylic oxidation sites excluding steroid dienone is 3. The SMILES string of the molecule is CC[C@H]1OC(=O)C[C@@H](O)[C@H](C)[C@@H](O[C@@H]2O[C@H](C)[C@@H](O[C@H]3C[C@@](C)(O)[C@@H](O)[C@H](C)O3)[C@H](N(C)C)[C@H]2O)[C@@H](CCOc2ccccc2)C[C@@H](C)C(=O)/C=C/C(C)=C/[C@@H]1CO[C@@H]1O[C@H](C)[C@@H](O)[C@@H](OC)[C@H]1OC. The third-order valence-electron chi connectivity index (χ3n) is 14.5. The number of ketones is 1. The van der Waals surface area contributed by atoms with Gasteiger partial charge in [0.2, 0.25) is 0 Å². The van der Waals surface area contributed by atoms with Crippen LogP contribution >= 0.6 is 0 Å². The molecule has 70 heavy (non-hydrogen) atoms. The Hall–Kier alpha value is -2.92. The van der Waals surface area contributed by atoms with Gasteiger partial charge in [-0.1, -0.05) is 56.7 Å². The summed E-state index contributed by atoms with van der Waals surface area (Å²) in [7, 11) is 6.53. The summed E-state index contributed by atoms with van der Waals surface area (Å²) in [6.07, 6.45) is -8.10. The molecule has 1 aromatic carbocycles. The molecule has 18 heteroatoms. The number of benzene rings is 1. The Balaban J connectivity index is 1.45. The smallest absolute Gasteiger partial charge is 0.308 e. The van der Waals surface area contributed by atoms with Crippen molar-refractivity contribution in [1.82, 2.24) is 4.90 Å². The summed E-state index contributed by atoms with van der Waals surface area (Å²) in [5.74, 6) is -2.50. The third kappa shape index (κ3) is 14.9. The summed E-state index contributed by atoms with van der Waals surface area (Å²) in [5.41, 5.74) is -0.770. The number of hydrogen-bond acceptors (Lipinski definition) is 18. The zero-order chi connectivity index (χ0) is 51.6. The maximum atomic E-state index is 14.1. The molecule has 4 heterocycles. The van der Waals surface area contributed by atoms with E-state index < -0.39 is 140 Å². The van der Waals surface area contributed by atoms with Crippen molar-refractivity contribution in [3.63, 3.8) is 0 Å². The number of likely N-dealkylation sites (N-methyl/N-ethyl adjacent to an activating group) is 1. The van der Waals surface area contributed by atoms with Crippen molar-refractivity contribution in [3.05, 3.63) is 54.1 Å². The summed E-state index contributed by atoms with van der Waals surface area (Å²) in [6, 6.07) is 8.58. The number of hydrogen-bond donors (Lipinski definition) is 5. The van der Waals surface area contributed by atoms with E-state index in [1.165, 1.54) is 27.2 Å². The first kappa shape index (κ1) is 58.0. The van der Waals surface area contributed by atoms with Crippen LogP contribution in [0.15, 0.2) is 54.1 Å². The molecule has 0 radical (unpaired) electrons. The van der Waals surface area contributed by atoms with Crippen LogP contribution in [0, 0.1) is 23.7 Å². The second-order valence-corrected chi connectivity index (χ2v) is 20.3. The highest BCUT2D eigenvalue weighted by Crippen LogP contribution is 2.38. The lowest BCUT2D eigenvalue weighted by molar-refractivity contribution is -0.342. The average Bonchev–Trinajstić information content (AvgIpc) is 3.31. The lowest BCUT2D eigenvalue weighted by atomic mass is 9.79. The summed E-state index contributed by atoms with van der Waals surface area (Å²) in [4.78, 5) is 29.9. The van der Waals surface area contributed by atoms with Crippen molar-refractivity contribution in [2.75, 3.05) is 41.5 Å². The highest BCUT2D eigenvalue weighted by Gasteiger charge is 2.52. The molecule has 21 atom stereocenters. The van der Waals surface area contributed by atoms with E-state index in [9.17, 15) is 35.1 Å². The number of rotatable bonds is 15. The standard InChI is InChI=1S/C52H83NO17/c1-13-39-35(27-64-51-48(62-12)47(61-11)43(57)31(5)66-51)23-28(2)19-20-37(54)29(3)24-34(21-22-63-36-17-15-14-16-18-36)45(30(4)38(55)25-40(56)68-39)70-50-44(58)42(53(9)10)46(32(6)67-50)69-41-26-52(8,60)49(59)33(7)65-41/h14-20,23,29-35,38-39,41-51,55,57-60H,13,21-22,24-27H2,1-12H3/b20-19+,28-23+/t29-,30+,31-,32-,33+,34+,35-,38-,39-,41+,42-,43-,44-,45-,46-,47-,48-,49+,50+,51-,52-/m1/s1. The van der Waals surface area contributed by atoms with E-state index in [-0.39, 0.29) is 31.8 Å². The van der Waals surface area contributed by atoms with Crippen LogP contribution in [0.2, 0.25) is 0 Å². The van der Waals surface area contributed by atoms with Crippen molar-refractivity contribution in [2.45, 2.75) is 191 Å². The molecular formula is C52H83NO17. The maximum Gasteiger partial charge on any atom is 0.308 e. The van der Waals surface area contributed by atoms with Crippen LogP contribution in [-0.4, -0.2) is 187 Å². The van der Waals surface area contributed by atoms with E-state index in [1.807, 2.05) is 57.2 Å². The zero-order valence-electron chi connectivity index (χ0n) is 43.2. The minimum absolute atomic E-state index is 0.00537. The van der Waals surface area contributed by atoms with Crippen LogP contribution in [-0.2, 0) is 52.2 Å². The minimum atomic E-state index is -1.49. The van der Waals surface area contributed by atoms with Gasteiger partial charge in [-0.05, 0) is 92.1 Å². The van der Waals surface area contributed by atoms with Crippen molar-refractivity contribution in [3.8, 4) is 5.75 Å².